The van der Waals surface area contributed by atoms with Crippen LogP contribution in [0.3, 0.4) is 0 Å². The first-order chi connectivity index (χ1) is 5.18. The highest BCUT2D eigenvalue weighted by Gasteiger charge is 1.95. The molecule has 58 valence electrons. The van der Waals surface area contributed by atoms with Crippen LogP contribution in [0.15, 0.2) is 6.33 Å². The Morgan fingerprint density at radius 3 is 2.82 bits per heavy atom. The number of anilines is 2. The second-order valence-electron chi connectivity index (χ2n) is 1.66. The molecule has 0 saturated carbocycles. The quantitative estimate of drug-likeness (QED) is 0.470. The van der Waals surface area contributed by atoms with Gasteiger partial charge in [0.05, 0.1) is 0 Å². The fourth-order valence-corrected chi connectivity index (χ4v) is 0.571. The van der Waals surface area contributed by atoms with Crippen LogP contribution in [0.25, 0.3) is 0 Å². The van der Waals surface area contributed by atoms with Crippen molar-refractivity contribution in [1.82, 2.24) is 15.0 Å². The molecule has 0 unspecified atom stereocenters. The molecule has 0 aliphatic carbocycles. The minimum Gasteiger partial charge on any atom is -0.376 e. The van der Waals surface area contributed by atoms with E-state index in [0.29, 0.717) is 0 Å². The first-order valence-corrected chi connectivity index (χ1v) is 3.10. The maximum absolute atomic E-state index is 5.25. The van der Waals surface area contributed by atoms with Gasteiger partial charge in [0, 0.05) is 0 Å². The minimum atomic E-state index is 0.0931. The highest BCUT2D eigenvalue weighted by Crippen LogP contribution is 1.95. The molecule has 1 aromatic heterocycles. The molecule has 0 aromatic carbocycles. The van der Waals surface area contributed by atoms with Crippen LogP contribution in [0, 0.1) is 0 Å². The summed E-state index contributed by atoms with van der Waals surface area (Å²) in [5.74, 6) is 0.378. The lowest BCUT2D eigenvalue weighted by molar-refractivity contribution is 1.07. The number of nitrogens with zero attached hydrogens (tertiary/aromatic N) is 3. The van der Waals surface area contributed by atoms with E-state index in [-0.39, 0.29) is 17.0 Å². The van der Waals surface area contributed by atoms with Crippen molar-refractivity contribution in [2.24, 2.45) is 5.73 Å². The van der Waals surface area contributed by atoms with Crippen LogP contribution < -0.4 is 16.8 Å². The van der Waals surface area contributed by atoms with Crippen molar-refractivity contribution in [2.75, 3.05) is 11.1 Å². The number of nitrogens with two attached hydrogens (primary N) is 2. The standard InChI is InChI=1S/C4H6N6S/c5-2-7-1-8-4(9-2)10-3(6)11/h1H,(H5,5,6,7,8,9,10,11). The predicted molar refractivity (Wildman–Crippen MR) is 44.6 cm³/mol. The van der Waals surface area contributed by atoms with Gasteiger partial charge in [0.15, 0.2) is 5.11 Å². The molecule has 1 rings (SSSR count). The lowest BCUT2D eigenvalue weighted by Gasteiger charge is -1.99. The van der Waals surface area contributed by atoms with Gasteiger partial charge in [0.2, 0.25) is 11.9 Å². The smallest absolute Gasteiger partial charge is 0.233 e. The molecule has 0 saturated heterocycles. The maximum Gasteiger partial charge on any atom is 0.233 e. The summed E-state index contributed by atoms with van der Waals surface area (Å²) < 4.78 is 0. The molecule has 1 aromatic rings. The summed E-state index contributed by atoms with van der Waals surface area (Å²) in [6.45, 7) is 0. The monoisotopic (exact) mass is 170 g/mol. The molecule has 0 radical (unpaired) electrons. The van der Waals surface area contributed by atoms with Gasteiger partial charge >= 0.3 is 0 Å². The molecule has 0 bridgehead atoms. The van der Waals surface area contributed by atoms with Crippen molar-refractivity contribution in [3.63, 3.8) is 0 Å². The number of nitrogen functional groups attached to an aromatic ring is 1. The highest BCUT2D eigenvalue weighted by atomic mass is 32.1. The van der Waals surface area contributed by atoms with E-state index in [0.717, 1.165) is 0 Å². The van der Waals surface area contributed by atoms with Gasteiger partial charge in [0.1, 0.15) is 6.33 Å². The molecule has 0 amide bonds. The lowest BCUT2D eigenvalue weighted by Crippen LogP contribution is -2.20. The number of thiocarbonyl (C=S) groups is 1. The molecule has 0 aliphatic heterocycles. The Hall–Kier alpha value is -1.50. The summed E-state index contributed by atoms with van der Waals surface area (Å²) in [5.41, 5.74) is 10.4. The van der Waals surface area contributed by atoms with Crippen molar-refractivity contribution >= 4 is 29.2 Å². The van der Waals surface area contributed by atoms with Gasteiger partial charge < -0.3 is 16.8 Å². The van der Waals surface area contributed by atoms with Crippen LogP contribution in [0.2, 0.25) is 0 Å². The summed E-state index contributed by atoms with van der Waals surface area (Å²) in [7, 11) is 0. The average molecular weight is 170 g/mol. The zero-order valence-electron chi connectivity index (χ0n) is 5.48. The molecular weight excluding hydrogens is 164 g/mol. The third kappa shape index (κ3) is 2.30. The third-order valence-corrected chi connectivity index (χ3v) is 0.928. The Morgan fingerprint density at radius 1 is 1.55 bits per heavy atom. The summed E-state index contributed by atoms with van der Waals surface area (Å²) in [6.07, 6.45) is 1.27. The zero-order valence-corrected chi connectivity index (χ0v) is 6.30. The first-order valence-electron chi connectivity index (χ1n) is 2.69. The van der Waals surface area contributed by atoms with Gasteiger partial charge in [0.25, 0.3) is 0 Å². The Balaban J connectivity index is 2.79. The van der Waals surface area contributed by atoms with Gasteiger partial charge in [-0.05, 0) is 12.2 Å². The SMILES string of the molecule is NC(=S)Nc1ncnc(N)n1. The highest BCUT2D eigenvalue weighted by molar-refractivity contribution is 7.80. The number of aromatic nitrogens is 3. The summed E-state index contributed by atoms with van der Waals surface area (Å²) in [6, 6.07) is 0. The third-order valence-electron chi connectivity index (χ3n) is 0.825. The second-order valence-corrected chi connectivity index (χ2v) is 2.10. The molecule has 6 nitrogen and oxygen atoms in total. The molecule has 0 aliphatic rings. The van der Waals surface area contributed by atoms with E-state index in [9.17, 15) is 0 Å². The van der Waals surface area contributed by atoms with Crippen LogP contribution in [0.1, 0.15) is 0 Å². The van der Waals surface area contributed by atoms with Gasteiger partial charge in [-0.3, -0.25) is 0 Å². The molecule has 5 N–H and O–H groups in total. The maximum atomic E-state index is 5.25. The summed E-state index contributed by atoms with van der Waals surface area (Å²) in [4.78, 5) is 11.0. The number of rotatable bonds is 1. The van der Waals surface area contributed by atoms with Crippen LogP contribution in [-0.2, 0) is 0 Å². The van der Waals surface area contributed by atoms with Crippen molar-refractivity contribution in [1.29, 1.82) is 0 Å². The lowest BCUT2D eigenvalue weighted by atomic mass is 10.8. The van der Waals surface area contributed by atoms with Gasteiger partial charge in [-0.15, -0.1) is 0 Å². The van der Waals surface area contributed by atoms with Crippen molar-refractivity contribution in [3.05, 3.63) is 6.33 Å². The summed E-state index contributed by atoms with van der Waals surface area (Å²) in [5, 5.41) is 2.61. The molecule has 0 spiro atoms. The Labute approximate surface area is 68.0 Å². The van der Waals surface area contributed by atoms with Crippen molar-refractivity contribution < 1.29 is 0 Å². The van der Waals surface area contributed by atoms with E-state index in [1.807, 2.05) is 0 Å². The fourth-order valence-electron chi connectivity index (χ4n) is 0.479. The van der Waals surface area contributed by atoms with Crippen LogP contribution in [0.5, 0.6) is 0 Å². The molecule has 0 atom stereocenters. The van der Waals surface area contributed by atoms with Crippen LogP contribution in [0.4, 0.5) is 11.9 Å². The molecule has 7 heteroatoms. The Bertz CT molecular complexity index is 273. The van der Waals surface area contributed by atoms with Gasteiger partial charge in [-0.2, -0.15) is 4.98 Å². The zero-order chi connectivity index (χ0) is 8.27. The normalized spacial score (nSPS) is 9.09. The molecule has 1 heterocycles. The summed E-state index contributed by atoms with van der Waals surface area (Å²) >= 11 is 4.55. The van der Waals surface area contributed by atoms with E-state index in [1.165, 1.54) is 6.33 Å². The molecular formula is C4H6N6S. The van der Waals surface area contributed by atoms with E-state index >= 15 is 0 Å². The van der Waals surface area contributed by atoms with Crippen LogP contribution >= 0.6 is 12.2 Å². The van der Waals surface area contributed by atoms with Crippen molar-refractivity contribution in [2.45, 2.75) is 0 Å². The van der Waals surface area contributed by atoms with Gasteiger partial charge in [-0.1, -0.05) is 0 Å². The van der Waals surface area contributed by atoms with E-state index < -0.39 is 0 Å². The topological polar surface area (TPSA) is 103 Å². The molecule has 0 fully saturated rings. The minimum absolute atomic E-state index is 0.0931. The van der Waals surface area contributed by atoms with Gasteiger partial charge in [-0.25, -0.2) is 9.97 Å². The average Bonchev–Trinajstić information content (AvgIpc) is 1.85. The van der Waals surface area contributed by atoms with E-state index in [4.69, 9.17) is 11.5 Å². The van der Waals surface area contributed by atoms with Crippen LogP contribution in [-0.4, -0.2) is 20.1 Å². The van der Waals surface area contributed by atoms with E-state index in [1.54, 1.807) is 0 Å². The number of hydrogen-bond donors (Lipinski definition) is 3. The van der Waals surface area contributed by atoms with Crippen molar-refractivity contribution in [3.8, 4) is 0 Å². The van der Waals surface area contributed by atoms with E-state index in [2.05, 4.69) is 32.5 Å². The number of nitrogens with one attached hydrogen (secondary N) is 1. The second kappa shape index (κ2) is 3.06. The first kappa shape index (κ1) is 7.61. The Morgan fingerprint density at radius 2 is 2.27 bits per heavy atom. The number of hydrogen-bond acceptors (Lipinski definition) is 5. The Kier molecular flexibility index (Phi) is 2.12. The fraction of sp³-hybridized carbons (Fsp3) is 0. The molecule has 11 heavy (non-hydrogen) atoms. The largest absolute Gasteiger partial charge is 0.376 e. The predicted octanol–water partition coefficient (Wildman–Crippen LogP) is -0.891.